The third kappa shape index (κ3) is 5.84. The molecule has 1 fully saturated rings. The van der Waals surface area contributed by atoms with Gasteiger partial charge in [0.05, 0.1) is 36.5 Å². The fourth-order valence-electron chi connectivity index (χ4n) is 3.15. The van der Waals surface area contributed by atoms with Crippen molar-refractivity contribution in [2.75, 3.05) is 35.7 Å². The zero-order chi connectivity index (χ0) is 27.7. The van der Waals surface area contributed by atoms with Gasteiger partial charge in [0, 0.05) is 23.1 Å². The van der Waals surface area contributed by atoms with Gasteiger partial charge in [-0.25, -0.2) is 13.4 Å². The number of ether oxygens (including phenoxy) is 1. The lowest BCUT2D eigenvalue weighted by molar-refractivity contribution is -0.117. The van der Waals surface area contributed by atoms with Crippen LogP contribution < -0.4 is 25.4 Å². The van der Waals surface area contributed by atoms with Crippen LogP contribution in [-0.4, -0.2) is 55.8 Å². The summed E-state index contributed by atoms with van der Waals surface area (Å²) in [5.41, 5.74) is 0.601. The number of hydrogen-bond acceptors (Lipinski definition) is 10. The average molecular weight is 521 g/mol. The Morgan fingerprint density at radius 1 is 1.23 bits per heavy atom. The van der Waals surface area contributed by atoms with Crippen LogP contribution in [0.25, 0.3) is 10.6 Å². The van der Waals surface area contributed by atoms with Crippen LogP contribution in [0.15, 0.2) is 30.5 Å². The standard InChI is InChI=1S/C21H23N7O5S2/c1-22-20(30)17-14(9-15(26-27-17)25-19(29)11-7-8-11)24-13-6-4-5-12(18(13)33-2)21-23-10-16(34-21)28-35(3,31)32/h4-6,9-11,28H,7-8H2,1-3H3,(H,22,30)(H2,24,25,26,29)/i1D3. The molecular formula is C21H23N7O5S2. The Labute approximate surface area is 209 Å². The maximum absolute atomic E-state index is 12.7. The summed E-state index contributed by atoms with van der Waals surface area (Å²) in [7, 11) is -2.08. The van der Waals surface area contributed by atoms with Crippen molar-refractivity contribution < 1.29 is 26.9 Å². The van der Waals surface area contributed by atoms with E-state index in [-0.39, 0.29) is 29.0 Å². The van der Waals surface area contributed by atoms with E-state index in [1.54, 1.807) is 18.2 Å². The van der Waals surface area contributed by atoms with Crippen molar-refractivity contribution in [3.8, 4) is 16.3 Å². The van der Waals surface area contributed by atoms with Gasteiger partial charge in [0.25, 0.3) is 5.91 Å². The van der Waals surface area contributed by atoms with Gasteiger partial charge in [0.2, 0.25) is 15.9 Å². The number of carbonyl (C=O) groups excluding carboxylic acids is 2. The number of benzene rings is 1. The van der Waals surface area contributed by atoms with E-state index in [9.17, 15) is 18.0 Å². The molecule has 0 saturated heterocycles. The number of carbonyl (C=O) groups is 2. The van der Waals surface area contributed by atoms with Gasteiger partial charge in [-0.1, -0.05) is 17.4 Å². The number of sulfonamides is 1. The summed E-state index contributed by atoms with van der Waals surface area (Å²) in [6, 6.07) is 6.39. The van der Waals surface area contributed by atoms with Crippen LogP contribution >= 0.6 is 11.3 Å². The molecule has 2 heterocycles. The van der Waals surface area contributed by atoms with Crippen LogP contribution in [-0.2, 0) is 14.8 Å². The molecule has 0 unspecified atom stereocenters. The molecule has 0 aliphatic heterocycles. The van der Waals surface area contributed by atoms with Crippen molar-refractivity contribution in [2.24, 2.45) is 5.92 Å². The third-order valence-corrected chi connectivity index (χ3v) is 6.50. The highest BCUT2D eigenvalue weighted by Gasteiger charge is 2.30. The molecule has 12 nitrogen and oxygen atoms in total. The summed E-state index contributed by atoms with van der Waals surface area (Å²) in [5.74, 6) is -0.973. The summed E-state index contributed by atoms with van der Waals surface area (Å²) in [6.45, 7) is -2.77. The molecule has 4 rings (SSSR count). The minimum Gasteiger partial charge on any atom is -0.494 e. The maximum Gasteiger partial charge on any atom is 0.273 e. The Morgan fingerprint density at radius 3 is 2.71 bits per heavy atom. The minimum absolute atomic E-state index is 0.0573. The molecule has 4 N–H and O–H groups in total. The molecule has 2 aromatic heterocycles. The first-order valence-electron chi connectivity index (χ1n) is 11.7. The molecule has 184 valence electrons. The number of amides is 2. The lowest BCUT2D eigenvalue weighted by Crippen LogP contribution is -2.22. The fourth-order valence-corrected chi connectivity index (χ4v) is 4.87. The van der Waals surface area contributed by atoms with Crippen LogP contribution in [0.2, 0.25) is 0 Å². The highest BCUT2D eigenvalue weighted by molar-refractivity contribution is 7.92. The largest absolute Gasteiger partial charge is 0.494 e. The molecular weight excluding hydrogens is 494 g/mol. The van der Waals surface area contributed by atoms with Gasteiger partial charge in [-0.2, -0.15) is 0 Å². The zero-order valence-corrected chi connectivity index (χ0v) is 20.2. The second kappa shape index (κ2) is 9.84. The number of methoxy groups -OCH3 is 1. The van der Waals surface area contributed by atoms with E-state index in [1.807, 2.05) is 5.32 Å². The predicted octanol–water partition coefficient (Wildman–Crippen LogP) is 2.43. The van der Waals surface area contributed by atoms with Crippen molar-refractivity contribution in [3.05, 3.63) is 36.2 Å². The van der Waals surface area contributed by atoms with Gasteiger partial charge in [0.1, 0.15) is 10.0 Å². The SMILES string of the molecule is [2H]C([2H])([2H])NC(=O)c1nnc(NC(=O)C2CC2)cc1Nc1cccc(-c2ncc(NS(C)(=O)=O)s2)c1OC. The lowest BCUT2D eigenvalue weighted by atomic mass is 10.1. The number of nitrogens with zero attached hydrogens (tertiary/aromatic N) is 3. The van der Waals surface area contributed by atoms with Crippen molar-refractivity contribution in [1.29, 1.82) is 0 Å². The summed E-state index contributed by atoms with van der Waals surface area (Å²) < 4.78 is 53.1. The molecule has 0 bridgehead atoms. The van der Waals surface area contributed by atoms with E-state index in [2.05, 4.69) is 30.5 Å². The number of rotatable bonds is 9. The molecule has 0 spiro atoms. The summed E-state index contributed by atoms with van der Waals surface area (Å²) in [4.78, 5) is 29.2. The van der Waals surface area contributed by atoms with Gasteiger partial charge in [-0.05, 0) is 25.0 Å². The zero-order valence-electron chi connectivity index (χ0n) is 21.6. The lowest BCUT2D eigenvalue weighted by Gasteiger charge is -2.16. The maximum atomic E-state index is 12.7. The molecule has 0 radical (unpaired) electrons. The van der Waals surface area contributed by atoms with Crippen molar-refractivity contribution in [3.63, 3.8) is 0 Å². The van der Waals surface area contributed by atoms with E-state index in [0.29, 0.717) is 27.0 Å². The molecule has 1 aliphatic carbocycles. The van der Waals surface area contributed by atoms with Gasteiger partial charge in [0.15, 0.2) is 17.3 Å². The fraction of sp³-hybridized carbons (Fsp3) is 0.286. The topological polar surface area (TPSA) is 164 Å². The first kappa shape index (κ1) is 20.6. The van der Waals surface area contributed by atoms with Gasteiger partial charge >= 0.3 is 0 Å². The smallest absolute Gasteiger partial charge is 0.273 e. The molecule has 2 amide bonds. The van der Waals surface area contributed by atoms with Crippen molar-refractivity contribution in [2.45, 2.75) is 12.8 Å². The second-order valence-corrected chi connectivity index (χ2v) is 10.4. The first-order valence-corrected chi connectivity index (χ1v) is 12.9. The van der Waals surface area contributed by atoms with E-state index >= 15 is 0 Å². The molecule has 35 heavy (non-hydrogen) atoms. The van der Waals surface area contributed by atoms with Crippen LogP contribution in [0, 0.1) is 5.92 Å². The summed E-state index contributed by atoms with van der Waals surface area (Å²) >= 11 is 1.08. The molecule has 0 atom stereocenters. The Morgan fingerprint density at radius 2 is 2.03 bits per heavy atom. The van der Waals surface area contributed by atoms with Gasteiger partial charge < -0.3 is 20.7 Å². The van der Waals surface area contributed by atoms with E-state index < -0.39 is 22.9 Å². The Hall–Kier alpha value is -3.78. The molecule has 14 heteroatoms. The monoisotopic (exact) mass is 520 g/mol. The molecule has 3 aromatic rings. The number of aromatic nitrogens is 3. The van der Waals surface area contributed by atoms with Gasteiger partial charge in [-0.3, -0.25) is 14.3 Å². The molecule has 1 aliphatic rings. The van der Waals surface area contributed by atoms with Crippen LogP contribution in [0.4, 0.5) is 22.2 Å². The Kier molecular flexibility index (Phi) is 5.78. The van der Waals surface area contributed by atoms with Gasteiger partial charge in [-0.15, -0.1) is 10.2 Å². The minimum atomic E-state index is -3.49. The van der Waals surface area contributed by atoms with Crippen LogP contribution in [0.3, 0.4) is 0 Å². The third-order valence-electron chi connectivity index (χ3n) is 4.83. The first-order chi connectivity index (χ1) is 17.8. The second-order valence-electron chi connectivity index (χ2n) is 7.62. The highest BCUT2D eigenvalue weighted by atomic mass is 32.2. The van der Waals surface area contributed by atoms with Crippen molar-refractivity contribution in [1.82, 2.24) is 20.5 Å². The van der Waals surface area contributed by atoms with Crippen LogP contribution in [0.1, 0.15) is 27.4 Å². The van der Waals surface area contributed by atoms with E-state index in [4.69, 9.17) is 8.85 Å². The van der Waals surface area contributed by atoms with E-state index in [1.165, 1.54) is 19.4 Å². The number of anilines is 4. The van der Waals surface area contributed by atoms with Crippen LogP contribution in [0.5, 0.6) is 5.75 Å². The van der Waals surface area contributed by atoms with Crippen molar-refractivity contribution >= 4 is 55.4 Å². The number of para-hydroxylation sites is 1. The predicted molar refractivity (Wildman–Crippen MR) is 133 cm³/mol. The van der Waals surface area contributed by atoms with E-state index in [0.717, 1.165) is 30.4 Å². The quantitative estimate of drug-likeness (QED) is 0.332. The summed E-state index contributed by atoms with van der Waals surface area (Å²) in [6.07, 6.45) is 3.94. The normalized spacial score (nSPS) is 14.7. The summed E-state index contributed by atoms with van der Waals surface area (Å²) in [5, 5.41) is 16.0. The molecule has 1 aromatic carbocycles. The molecule has 1 saturated carbocycles. The Bertz CT molecular complexity index is 1490. The number of hydrogen-bond donors (Lipinski definition) is 4. The number of thiazole rings is 1. The number of nitrogens with one attached hydrogen (secondary N) is 4. The Balaban J connectivity index is 1.71. The highest BCUT2D eigenvalue weighted by Crippen LogP contribution is 2.41. The average Bonchev–Trinajstić information content (AvgIpc) is 3.57.